The maximum atomic E-state index is 13.1. The van der Waals surface area contributed by atoms with Gasteiger partial charge < -0.3 is 9.64 Å². The summed E-state index contributed by atoms with van der Waals surface area (Å²) in [5.74, 6) is 0.596. The lowest BCUT2D eigenvalue weighted by Crippen LogP contribution is -2.41. The standard InChI is InChI=1S/C20H18N4O5/c1-21-14-9-4-5-10-15(14)29-19-16(18(25)22(2)20(26)23(19)3)17(21)12-7-6-8-13(11-12)24(27)28/h4-11,17H,1-3H3/t17-/m1/s1. The smallest absolute Gasteiger partial charge is 0.333 e. The van der Waals surface area contributed by atoms with E-state index >= 15 is 0 Å². The number of nitro benzene ring substituents is 1. The second-order valence-corrected chi connectivity index (χ2v) is 6.86. The van der Waals surface area contributed by atoms with Crippen molar-refractivity contribution in [1.82, 2.24) is 9.13 Å². The summed E-state index contributed by atoms with van der Waals surface area (Å²) in [7, 11) is 4.71. The molecule has 148 valence electrons. The molecule has 0 saturated carbocycles. The molecule has 0 spiro atoms. The number of non-ortho nitro benzene ring substituents is 1. The summed E-state index contributed by atoms with van der Waals surface area (Å²) in [4.78, 5) is 38.3. The van der Waals surface area contributed by atoms with E-state index in [1.54, 1.807) is 31.3 Å². The van der Waals surface area contributed by atoms with Crippen molar-refractivity contribution in [2.75, 3.05) is 11.9 Å². The number of benzene rings is 2. The van der Waals surface area contributed by atoms with Gasteiger partial charge in [-0.1, -0.05) is 24.3 Å². The van der Waals surface area contributed by atoms with Crippen molar-refractivity contribution >= 4 is 11.4 Å². The van der Waals surface area contributed by atoms with Crippen LogP contribution in [0.2, 0.25) is 0 Å². The van der Waals surface area contributed by atoms with E-state index in [-0.39, 0.29) is 17.1 Å². The number of hydrogen-bond acceptors (Lipinski definition) is 6. The third-order valence-electron chi connectivity index (χ3n) is 5.15. The lowest BCUT2D eigenvalue weighted by Gasteiger charge is -2.29. The Balaban J connectivity index is 2.10. The maximum Gasteiger partial charge on any atom is 0.333 e. The number of rotatable bonds is 2. The summed E-state index contributed by atoms with van der Waals surface area (Å²) < 4.78 is 8.31. The van der Waals surface area contributed by atoms with Crippen molar-refractivity contribution in [2.45, 2.75) is 6.04 Å². The van der Waals surface area contributed by atoms with Gasteiger partial charge in [0.1, 0.15) is 5.56 Å². The molecular weight excluding hydrogens is 376 g/mol. The van der Waals surface area contributed by atoms with Crippen LogP contribution in [0, 0.1) is 10.1 Å². The van der Waals surface area contributed by atoms with E-state index in [1.807, 2.05) is 17.0 Å². The van der Waals surface area contributed by atoms with Crippen LogP contribution in [0.4, 0.5) is 11.4 Å². The van der Waals surface area contributed by atoms with Gasteiger partial charge >= 0.3 is 5.69 Å². The molecule has 0 saturated heterocycles. The number of hydrogen-bond donors (Lipinski definition) is 0. The topological polar surface area (TPSA) is 99.6 Å². The van der Waals surface area contributed by atoms with Gasteiger partial charge in [0.25, 0.3) is 11.2 Å². The van der Waals surface area contributed by atoms with Crippen molar-refractivity contribution in [3.63, 3.8) is 0 Å². The average Bonchev–Trinajstić information content (AvgIpc) is 2.85. The first-order chi connectivity index (χ1) is 13.8. The number of ether oxygens (including phenoxy) is 1. The fraction of sp³-hybridized carbons (Fsp3) is 0.200. The Labute approximate surface area is 165 Å². The maximum absolute atomic E-state index is 13.1. The minimum Gasteiger partial charge on any atom is -0.438 e. The van der Waals surface area contributed by atoms with Gasteiger partial charge in [-0.2, -0.15) is 0 Å². The van der Waals surface area contributed by atoms with Crippen molar-refractivity contribution in [3.8, 4) is 11.6 Å². The van der Waals surface area contributed by atoms with E-state index in [2.05, 4.69) is 0 Å². The third kappa shape index (κ3) is 2.78. The SMILES string of the molecule is CN1c2ccccc2Oc2c(c(=O)n(C)c(=O)n2C)[C@H]1c1cccc([N+](=O)[O-])c1. The highest BCUT2D eigenvalue weighted by molar-refractivity contribution is 5.65. The molecular formula is C20H18N4O5. The zero-order chi connectivity index (χ0) is 20.9. The molecule has 0 amide bonds. The van der Waals surface area contributed by atoms with Crippen molar-refractivity contribution < 1.29 is 9.66 Å². The Bertz CT molecular complexity index is 1260. The van der Waals surface area contributed by atoms with E-state index in [0.29, 0.717) is 17.0 Å². The highest BCUT2D eigenvalue weighted by Gasteiger charge is 2.34. The minimum atomic E-state index is -0.695. The van der Waals surface area contributed by atoms with Gasteiger partial charge in [0.2, 0.25) is 5.88 Å². The predicted octanol–water partition coefficient (Wildman–Crippen LogP) is 2.32. The number of fused-ring (bicyclic) bond motifs is 2. The molecule has 0 N–H and O–H groups in total. The number of nitro groups is 1. The first kappa shape index (κ1) is 18.5. The second kappa shape index (κ2) is 6.62. The van der Waals surface area contributed by atoms with Crippen LogP contribution in [-0.4, -0.2) is 21.1 Å². The zero-order valence-electron chi connectivity index (χ0n) is 16.0. The fourth-order valence-electron chi connectivity index (χ4n) is 3.68. The molecule has 4 rings (SSSR count). The van der Waals surface area contributed by atoms with Crippen molar-refractivity contribution in [2.24, 2.45) is 14.1 Å². The number of anilines is 1. The molecule has 9 nitrogen and oxygen atoms in total. The number of para-hydroxylation sites is 2. The summed E-state index contributed by atoms with van der Waals surface area (Å²) in [5, 5.41) is 11.3. The quantitative estimate of drug-likeness (QED) is 0.489. The Morgan fingerprint density at radius 2 is 1.72 bits per heavy atom. The Kier molecular flexibility index (Phi) is 4.22. The van der Waals surface area contributed by atoms with Crippen LogP contribution in [-0.2, 0) is 14.1 Å². The second-order valence-electron chi connectivity index (χ2n) is 6.86. The largest absolute Gasteiger partial charge is 0.438 e. The van der Waals surface area contributed by atoms with Crippen LogP contribution in [0.5, 0.6) is 11.6 Å². The van der Waals surface area contributed by atoms with E-state index in [0.717, 1.165) is 4.57 Å². The zero-order valence-corrected chi connectivity index (χ0v) is 16.0. The van der Waals surface area contributed by atoms with Crippen molar-refractivity contribution in [1.29, 1.82) is 0 Å². The van der Waals surface area contributed by atoms with Crippen LogP contribution in [0.15, 0.2) is 58.1 Å². The Morgan fingerprint density at radius 1 is 1.00 bits per heavy atom. The molecule has 1 aliphatic heterocycles. The minimum absolute atomic E-state index is 0.0856. The molecule has 3 aromatic rings. The predicted molar refractivity (Wildman–Crippen MR) is 107 cm³/mol. The molecule has 0 radical (unpaired) electrons. The summed E-state index contributed by atoms with van der Waals surface area (Å²) in [5.41, 5.74) is 0.341. The van der Waals surface area contributed by atoms with Crippen LogP contribution in [0.25, 0.3) is 0 Å². The average molecular weight is 394 g/mol. The number of nitrogens with zero attached hydrogens (tertiary/aromatic N) is 4. The highest BCUT2D eigenvalue weighted by Crippen LogP contribution is 2.44. The van der Waals surface area contributed by atoms with Gasteiger partial charge in [0, 0.05) is 33.3 Å². The molecule has 9 heteroatoms. The first-order valence-corrected chi connectivity index (χ1v) is 8.85. The molecule has 0 unspecified atom stereocenters. The molecule has 0 bridgehead atoms. The molecule has 29 heavy (non-hydrogen) atoms. The van der Waals surface area contributed by atoms with Crippen molar-refractivity contribution in [3.05, 3.63) is 90.6 Å². The third-order valence-corrected chi connectivity index (χ3v) is 5.15. The normalized spacial score (nSPS) is 15.1. The monoisotopic (exact) mass is 394 g/mol. The van der Waals surface area contributed by atoms with Crippen LogP contribution in [0.3, 0.4) is 0 Å². The summed E-state index contributed by atoms with van der Waals surface area (Å²) >= 11 is 0. The molecule has 2 heterocycles. The Morgan fingerprint density at radius 3 is 2.45 bits per heavy atom. The van der Waals surface area contributed by atoms with E-state index in [1.165, 1.54) is 30.8 Å². The van der Waals surface area contributed by atoms with Crippen LogP contribution < -0.4 is 20.9 Å². The fourth-order valence-corrected chi connectivity index (χ4v) is 3.68. The van der Waals surface area contributed by atoms with E-state index < -0.39 is 22.2 Å². The van der Waals surface area contributed by atoms with Gasteiger partial charge in [0.15, 0.2) is 5.75 Å². The molecule has 1 atom stereocenters. The Hall–Kier alpha value is -3.88. The summed E-state index contributed by atoms with van der Waals surface area (Å²) in [6, 6.07) is 12.6. The molecule has 0 fully saturated rings. The van der Waals surface area contributed by atoms with Crippen LogP contribution >= 0.6 is 0 Å². The van der Waals surface area contributed by atoms with Gasteiger partial charge in [-0.05, 0) is 17.7 Å². The summed E-state index contributed by atoms with van der Waals surface area (Å²) in [6.45, 7) is 0. The molecule has 2 aromatic carbocycles. The first-order valence-electron chi connectivity index (χ1n) is 8.85. The summed E-state index contributed by atoms with van der Waals surface area (Å²) in [6.07, 6.45) is 0. The lowest BCUT2D eigenvalue weighted by atomic mass is 9.98. The van der Waals surface area contributed by atoms with E-state index in [9.17, 15) is 19.7 Å². The molecule has 0 aliphatic carbocycles. The van der Waals surface area contributed by atoms with Gasteiger partial charge in [0.05, 0.1) is 16.7 Å². The molecule has 1 aromatic heterocycles. The van der Waals surface area contributed by atoms with Crippen LogP contribution in [0.1, 0.15) is 17.2 Å². The van der Waals surface area contributed by atoms with Gasteiger partial charge in [-0.25, -0.2) is 4.79 Å². The van der Waals surface area contributed by atoms with Gasteiger partial charge in [-0.3, -0.25) is 24.0 Å². The molecule has 1 aliphatic rings. The van der Waals surface area contributed by atoms with Gasteiger partial charge in [-0.15, -0.1) is 0 Å². The lowest BCUT2D eigenvalue weighted by molar-refractivity contribution is -0.384. The highest BCUT2D eigenvalue weighted by atomic mass is 16.6. The van der Waals surface area contributed by atoms with E-state index in [4.69, 9.17) is 4.74 Å². The number of aromatic nitrogens is 2.